The van der Waals surface area contributed by atoms with Gasteiger partial charge in [0.2, 0.25) is 0 Å². The van der Waals surface area contributed by atoms with Gasteiger partial charge in [0.05, 0.1) is 22.2 Å². The van der Waals surface area contributed by atoms with E-state index >= 15 is 0 Å². The number of H-pyrrole nitrogens is 1. The van der Waals surface area contributed by atoms with E-state index in [9.17, 15) is 25.4 Å². The third-order valence-corrected chi connectivity index (χ3v) is 3.48. The molecule has 0 atom stereocenters. The van der Waals surface area contributed by atoms with Crippen molar-refractivity contribution in [2.75, 3.05) is 0 Å². The first-order chi connectivity index (χ1) is 11.5. The second-order valence-corrected chi connectivity index (χ2v) is 4.94. The maximum Gasteiger partial charge on any atom is 0.336 e. The molecule has 0 spiro atoms. The maximum absolute atomic E-state index is 11.3. The van der Waals surface area contributed by atoms with Gasteiger partial charge in [0, 0.05) is 0 Å². The van der Waals surface area contributed by atoms with Gasteiger partial charge < -0.3 is 20.3 Å². The molecule has 0 amide bonds. The molecule has 7 nitrogen and oxygen atoms in total. The summed E-state index contributed by atoms with van der Waals surface area (Å²) >= 11 is 0. The summed E-state index contributed by atoms with van der Waals surface area (Å²) in [6, 6.07) is 12.6. The molecule has 0 bridgehead atoms. The Balaban J connectivity index is 2.26. The van der Waals surface area contributed by atoms with Crippen LogP contribution < -0.4 is 0 Å². The highest BCUT2D eigenvalue weighted by Gasteiger charge is 2.22. The Labute approximate surface area is 135 Å². The minimum atomic E-state index is -1.34. The number of phenolic OH excluding ortho intramolecular Hbond substituents is 1. The van der Waals surface area contributed by atoms with Gasteiger partial charge in [0.1, 0.15) is 23.2 Å². The number of rotatable bonds is 3. The first kappa shape index (κ1) is 15.1. The highest BCUT2D eigenvalue weighted by molar-refractivity contribution is 6.01. The van der Waals surface area contributed by atoms with Crippen molar-refractivity contribution < 1.29 is 20.1 Å². The summed E-state index contributed by atoms with van der Waals surface area (Å²) in [5, 5.41) is 39.0. The number of aromatic hydroxyl groups is 1. The van der Waals surface area contributed by atoms with E-state index in [1.54, 1.807) is 30.3 Å². The van der Waals surface area contributed by atoms with Crippen molar-refractivity contribution in [3.8, 4) is 11.8 Å². The molecule has 3 aromatic rings. The highest BCUT2D eigenvalue weighted by Crippen LogP contribution is 2.32. The van der Waals surface area contributed by atoms with E-state index in [0.717, 1.165) is 0 Å². The topological polar surface area (TPSA) is 130 Å². The number of aliphatic hydroxyl groups excluding tert-OH is 1. The number of allylic oxidation sites excluding steroid dienone is 1. The van der Waals surface area contributed by atoms with Crippen molar-refractivity contribution in [3.63, 3.8) is 0 Å². The van der Waals surface area contributed by atoms with Gasteiger partial charge >= 0.3 is 5.97 Å². The summed E-state index contributed by atoms with van der Waals surface area (Å²) in [5.74, 6) is -2.37. The normalized spacial score (nSPS) is 11.8. The number of carboxylic acids is 1. The Morgan fingerprint density at radius 2 is 1.88 bits per heavy atom. The minimum Gasteiger partial charge on any atom is -0.507 e. The van der Waals surface area contributed by atoms with Crippen molar-refractivity contribution in [1.82, 2.24) is 9.97 Å². The van der Waals surface area contributed by atoms with Crippen LogP contribution in [0.2, 0.25) is 0 Å². The quantitative estimate of drug-likeness (QED) is 0.433. The Morgan fingerprint density at radius 3 is 2.54 bits per heavy atom. The van der Waals surface area contributed by atoms with E-state index in [-0.39, 0.29) is 22.5 Å². The van der Waals surface area contributed by atoms with Crippen molar-refractivity contribution in [3.05, 3.63) is 59.4 Å². The van der Waals surface area contributed by atoms with Gasteiger partial charge in [-0.2, -0.15) is 5.26 Å². The molecule has 118 valence electrons. The average Bonchev–Trinajstić information content (AvgIpc) is 2.98. The fraction of sp³-hybridized carbons (Fsp3) is 0. The number of aliphatic hydroxyl groups is 1. The number of phenols is 1. The molecule has 1 aromatic heterocycles. The SMILES string of the molecule is N#C/C(=C(/O)c1c(O)cccc1C(=O)O)c1nc2ccccc2[nH]1. The van der Waals surface area contributed by atoms with Crippen LogP contribution in [0.5, 0.6) is 5.75 Å². The number of nitrogens with zero attached hydrogens (tertiary/aromatic N) is 2. The van der Waals surface area contributed by atoms with Gasteiger partial charge in [-0.25, -0.2) is 9.78 Å². The van der Waals surface area contributed by atoms with Gasteiger partial charge in [-0.05, 0) is 24.3 Å². The lowest BCUT2D eigenvalue weighted by atomic mass is 10.0. The van der Waals surface area contributed by atoms with E-state index in [2.05, 4.69) is 9.97 Å². The Bertz CT molecular complexity index is 995. The number of hydrogen-bond donors (Lipinski definition) is 4. The Kier molecular flexibility index (Phi) is 3.64. The lowest BCUT2D eigenvalue weighted by Gasteiger charge is -2.08. The monoisotopic (exact) mass is 321 g/mol. The molecular weight excluding hydrogens is 310 g/mol. The predicted octanol–water partition coefficient (Wildman–Crippen LogP) is 2.92. The highest BCUT2D eigenvalue weighted by atomic mass is 16.4. The van der Waals surface area contributed by atoms with Gasteiger partial charge in [-0.3, -0.25) is 0 Å². The first-order valence-electron chi connectivity index (χ1n) is 6.87. The van der Waals surface area contributed by atoms with Crippen molar-refractivity contribution >= 4 is 28.3 Å². The maximum atomic E-state index is 11.3. The fourth-order valence-electron chi connectivity index (χ4n) is 2.38. The number of aromatic nitrogens is 2. The molecule has 0 aliphatic heterocycles. The van der Waals surface area contributed by atoms with Crippen LogP contribution in [0.3, 0.4) is 0 Å². The third kappa shape index (κ3) is 2.42. The number of fused-ring (bicyclic) bond motifs is 1. The summed E-state index contributed by atoms with van der Waals surface area (Å²) in [7, 11) is 0. The summed E-state index contributed by atoms with van der Waals surface area (Å²) in [6.45, 7) is 0. The summed E-state index contributed by atoms with van der Waals surface area (Å²) in [5.41, 5.74) is 0.321. The second kappa shape index (κ2) is 5.78. The van der Waals surface area contributed by atoms with Crippen LogP contribution in [0.25, 0.3) is 22.4 Å². The second-order valence-electron chi connectivity index (χ2n) is 4.94. The predicted molar refractivity (Wildman–Crippen MR) is 86.2 cm³/mol. The molecule has 0 saturated carbocycles. The number of para-hydroxylation sites is 2. The number of carbonyl (C=O) groups is 1. The number of aromatic carboxylic acids is 1. The van der Waals surface area contributed by atoms with Crippen LogP contribution in [0, 0.1) is 11.3 Å². The van der Waals surface area contributed by atoms with Crippen LogP contribution in [0.15, 0.2) is 42.5 Å². The molecular formula is C17H11N3O4. The number of nitrogens with one attached hydrogen (secondary N) is 1. The van der Waals surface area contributed by atoms with Crippen LogP contribution in [0.4, 0.5) is 0 Å². The number of carboxylic acid groups (broad SMARTS) is 1. The molecule has 3 rings (SSSR count). The van der Waals surface area contributed by atoms with Crippen LogP contribution >= 0.6 is 0 Å². The van der Waals surface area contributed by atoms with E-state index < -0.39 is 17.5 Å². The lowest BCUT2D eigenvalue weighted by molar-refractivity contribution is 0.0695. The molecule has 1 heterocycles. The zero-order valence-electron chi connectivity index (χ0n) is 12.2. The number of benzene rings is 2. The summed E-state index contributed by atoms with van der Waals surface area (Å²) in [4.78, 5) is 18.4. The Morgan fingerprint density at radius 1 is 1.12 bits per heavy atom. The largest absolute Gasteiger partial charge is 0.507 e. The molecule has 0 fully saturated rings. The summed E-state index contributed by atoms with van der Waals surface area (Å²) in [6.07, 6.45) is 0. The van der Waals surface area contributed by atoms with Gasteiger partial charge in [0.25, 0.3) is 0 Å². The molecule has 0 saturated heterocycles. The molecule has 0 aliphatic rings. The van der Waals surface area contributed by atoms with Crippen molar-refractivity contribution in [2.45, 2.75) is 0 Å². The van der Waals surface area contributed by atoms with Gasteiger partial charge in [-0.15, -0.1) is 0 Å². The smallest absolute Gasteiger partial charge is 0.336 e. The zero-order valence-corrected chi connectivity index (χ0v) is 12.2. The fourth-order valence-corrected chi connectivity index (χ4v) is 2.38. The molecule has 4 N–H and O–H groups in total. The van der Waals surface area contributed by atoms with Crippen molar-refractivity contribution in [1.29, 1.82) is 5.26 Å². The average molecular weight is 321 g/mol. The Hall–Kier alpha value is -3.79. The number of nitriles is 1. The lowest BCUT2D eigenvalue weighted by Crippen LogP contribution is -2.03. The van der Waals surface area contributed by atoms with Gasteiger partial charge in [0.15, 0.2) is 5.82 Å². The molecule has 0 radical (unpaired) electrons. The molecule has 0 aliphatic carbocycles. The molecule has 24 heavy (non-hydrogen) atoms. The van der Waals surface area contributed by atoms with Crippen LogP contribution in [-0.4, -0.2) is 31.3 Å². The van der Waals surface area contributed by atoms with Crippen LogP contribution in [0.1, 0.15) is 21.7 Å². The molecule has 7 heteroatoms. The van der Waals surface area contributed by atoms with E-state index in [1.165, 1.54) is 18.2 Å². The van der Waals surface area contributed by atoms with E-state index in [0.29, 0.717) is 11.0 Å². The van der Waals surface area contributed by atoms with E-state index in [4.69, 9.17) is 0 Å². The first-order valence-corrected chi connectivity index (χ1v) is 6.87. The van der Waals surface area contributed by atoms with Gasteiger partial charge in [-0.1, -0.05) is 18.2 Å². The van der Waals surface area contributed by atoms with Crippen LogP contribution in [-0.2, 0) is 0 Å². The number of imidazole rings is 1. The minimum absolute atomic E-state index is 0.0794. The zero-order chi connectivity index (χ0) is 17.3. The molecule has 2 aromatic carbocycles. The molecule has 0 unspecified atom stereocenters. The summed E-state index contributed by atoms with van der Waals surface area (Å²) < 4.78 is 0. The van der Waals surface area contributed by atoms with E-state index in [1.807, 2.05) is 0 Å². The standard InChI is InChI=1S/C17H11N3O4/c18-8-10(16-19-11-5-1-2-6-12(11)20-16)15(22)14-9(17(23)24)4-3-7-13(14)21/h1-7,21-22H,(H,19,20)(H,23,24)/b15-10-. The number of aromatic amines is 1. The number of hydrogen-bond acceptors (Lipinski definition) is 5. The third-order valence-electron chi connectivity index (χ3n) is 3.48. The van der Waals surface area contributed by atoms with Crippen molar-refractivity contribution in [2.24, 2.45) is 0 Å².